The van der Waals surface area contributed by atoms with E-state index in [1.54, 1.807) is 31.4 Å². The highest BCUT2D eigenvalue weighted by atomic mass is 35.5. The summed E-state index contributed by atoms with van der Waals surface area (Å²) in [6.07, 6.45) is 1.92. The summed E-state index contributed by atoms with van der Waals surface area (Å²) in [7, 11) is -2.02. The van der Waals surface area contributed by atoms with Gasteiger partial charge in [0.2, 0.25) is 10.0 Å². The Labute approximate surface area is 191 Å². The van der Waals surface area contributed by atoms with E-state index in [9.17, 15) is 8.42 Å². The molecule has 2 aliphatic rings. The lowest BCUT2D eigenvalue weighted by Crippen LogP contribution is -2.48. The van der Waals surface area contributed by atoms with Crippen LogP contribution in [0, 0.1) is 0 Å². The van der Waals surface area contributed by atoms with Gasteiger partial charge >= 0.3 is 6.01 Å². The monoisotopic (exact) mass is 474 g/mol. The van der Waals surface area contributed by atoms with Crippen molar-refractivity contribution in [3.05, 3.63) is 64.9 Å². The molecule has 2 heterocycles. The van der Waals surface area contributed by atoms with E-state index in [0.717, 1.165) is 18.4 Å². The van der Waals surface area contributed by atoms with Crippen molar-refractivity contribution in [2.24, 2.45) is 0 Å². The number of rotatable bonds is 6. The smallest absolute Gasteiger partial charge is 0.324 e. The number of nitrogens with zero attached hydrogens (tertiary/aromatic N) is 4. The van der Waals surface area contributed by atoms with Gasteiger partial charge in [0.15, 0.2) is 5.82 Å². The van der Waals surface area contributed by atoms with E-state index in [4.69, 9.17) is 20.9 Å². The Balaban J connectivity index is 1.27. The summed E-state index contributed by atoms with van der Waals surface area (Å²) < 4.78 is 38.1. The van der Waals surface area contributed by atoms with Gasteiger partial charge < -0.3 is 14.2 Å². The van der Waals surface area contributed by atoms with Crippen LogP contribution in [-0.4, -0.2) is 56.2 Å². The Bertz CT molecular complexity index is 1200. The van der Waals surface area contributed by atoms with Crippen LogP contribution in [0.25, 0.3) is 0 Å². The van der Waals surface area contributed by atoms with Crippen LogP contribution in [0.4, 0.5) is 6.01 Å². The minimum absolute atomic E-state index is 0.216. The van der Waals surface area contributed by atoms with Crippen molar-refractivity contribution in [1.82, 2.24) is 14.4 Å². The lowest BCUT2D eigenvalue weighted by atomic mass is 9.95. The maximum absolute atomic E-state index is 13.0. The first kappa shape index (κ1) is 21.2. The van der Waals surface area contributed by atoms with Crippen LogP contribution in [0.5, 0.6) is 5.75 Å². The number of piperazine rings is 1. The van der Waals surface area contributed by atoms with Crippen molar-refractivity contribution in [3.8, 4) is 5.75 Å². The van der Waals surface area contributed by atoms with Crippen molar-refractivity contribution in [1.29, 1.82) is 0 Å². The largest absolute Gasteiger partial charge is 0.497 e. The highest BCUT2D eigenvalue weighted by Gasteiger charge is 2.50. The van der Waals surface area contributed by atoms with Crippen LogP contribution in [0.1, 0.15) is 24.2 Å². The molecule has 2 fully saturated rings. The molecule has 3 aromatic rings. The van der Waals surface area contributed by atoms with Gasteiger partial charge in [-0.2, -0.15) is 9.29 Å². The molecule has 8 nitrogen and oxygen atoms in total. The zero-order valence-electron chi connectivity index (χ0n) is 17.6. The highest BCUT2D eigenvalue weighted by Crippen LogP contribution is 2.52. The third-order valence-electron chi connectivity index (χ3n) is 6.20. The number of benzene rings is 2. The molecular weight excluding hydrogens is 452 g/mol. The second kappa shape index (κ2) is 8.06. The Kier molecular flexibility index (Phi) is 5.35. The topological polar surface area (TPSA) is 88.8 Å². The predicted molar refractivity (Wildman–Crippen MR) is 120 cm³/mol. The van der Waals surface area contributed by atoms with Gasteiger partial charge in [0.1, 0.15) is 5.75 Å². The molecule has 1 saturated heterocycles. The van der Waals surface area contributed by atoms with Gasteiger partial charge in [0.25, 0.3) is 0 Å². The maximum atomic E-state index is 13.0. The summed E-state index contributed by atoms with van der Waals surface area (Å²) in [4.78, 5) is 6.86. The Morgan fingerprint density at radius 2 is 1.66 bits per heavy atom. The third kappa shape index (κ3) is 3.74. The van der Waals surface area contributed by atoms with Crippen LogP contribution < -0.4 is 9.64 Å². The number of aromatic nitrogens is 2. The summed E-state index contributed by atoms with van der Waals surface area (Å²) in [5.41, 5.74) is 0.913. The van der Waals surface area contributed by atoms with Gasteiger partial charge in [0.05, 0.1) is 17.4 Å². The first-order valence-corrected chi connectivity index (χ1v) is 12.2. The summed E-state index contributed by atoms with van der Waals surface area (Å²) in [6, 6.07) is 14.6. The van der Waals surface area contributed by atoms with E-state index in [1.807, 2.05) is 29.2 Å². The SMILES string of the molecule is COc1ccc(S(=O)(=O)N2CCN(c3nc(C4(c5ccc(Cl)cc5)CC4)no3)CC2)cc1. The van der Waals surface area contributed by atoms with Crippen molar-refractivity contribution in [2.45, 2.75) is 23.2 Å². The average molecular weight is 475 g/mol. The Hall–Kier alpha value is -2.62. The normalized spacial score (nSPS) is 18.5. The molecular formula is C22H23ClN4O4S. The minimum Gasteiger partial charge on any atom is -0.497 e. The van der Waals surface area contributed by atoms with Gasteiger partial charge in [-0.15, -0.1) is 0 Å². The molecule has 2 aromatic carbocycles. The molecule has 10 heteroatoms. The number of anilines is 1. The lowest BCUT2D eigenvalue weighted by molar-refractivity contribution is 0.352. The zero-order chi connectivity index (χ0) is 22.3. The fourth-order valence-corrected chi connectivity index (χ4v) is 5.64. The third-order valence-corrected chi connectivity index (χ3v) is 8.36. The Morgan fingerprint density at radius 1 is 1.00 bits per heavy atom. The van der Waals surface area contributed by atoms with Crippen LogP contribution in [0.15, 0.2) is 57.9 Å². The fourth-order valence-electron chi connectivity index (χ4n) is 4.09. The van der Waals surface area contributed by atoms with Crippen molar-refractivity contribution < 1.29 is 17.7 Å². The molecule has 0 atom stereocenters. The van der Waals surface area contributed by atoms with Gasteiger partial charge in [0, 0.05) is 31.2 Å². The van der Waals surface area contributed by atoms with Crippen LogP contribution in [0.2, 0.25) is 5.02 Å². The van der Waals surface area contributed by atoms with E-state index < -0.39 is 10.0 Å². The average Bonchev–Trinajstić information content (AvgIpc) is 3.48. The first-order chi connectivity index (χ1) is 15.4. The second-order valence-electron chi connectivity index (χ2n) is 8.06. The molecule has 0 N–H and O–H groups in total. The predicted octanol–water partition coefficient (Wildman–Crippen LogP) is 3.32. The molecule has 0 bridgehead atoms. The summed E-state index contributed by atoms with van der Waals surface area (Å²) in [6.45, 7) is 1.64. The van der Waals surface area contributed by atoms with E-state index in [2.05, 4.69) is 10.1 Å². The molecule has 0 radical (unpaired) electrons. The van der Waals surface area contributed by atoms with E-state index in [-0.39, 0.29) is 10.3 Å². The number of halogens is 1. The quantitative estimate of drug-likeness (QED) is 0.541. The molecule has 1 saturated carbocycles. The molecule has 0 unspecified atom stereocenters. The number of hydrogen-bond donors (Lipinski definition) is 0. The van der Waals surface area contributed by atoms with Crippen molar-refractivity contribution in [3.63, 3.8) is 0 Å². The lowest BCUT2D eigenvalue weighted by Gasteiger charge is -2.32. The zero-order valence-corrected chi connectivity index (χ0v) is 19.1. The molecule has 1 aliphatic carbocycles. The molecule has 0 spiro atoms. The van der Waals surface area contributed by atoms with E-state index >= 15 is 0 Å². The number of sulfonamides is 1. The molecule has 168 valence electrons. The summed E-state index contributed by atoms with van der Waals surface area (Å²) in [5.74, 6) is 1.29. The van der Waals surface area contributed by atoms with Gasteiger partial charge in [-0.05, 0) is 54.8 Å². The van der Waals surface area contributed by atoms with Crippen LogP contribution in [0.3, 0.4) is 0 Å². The van der Waals surface area contributed by atoms with Gasteiger partial charge in [-0.1, -0.05) is 28.9 Å². The summed E-state index contributed by atoms with van der Waals surface area (Å²) >= 11 is 6.02. The molecule has 5 rings (SSSR count). The van der Waals surface area contributed by atoms with Crippen molar-refractivity contribution >= 4 is 27.6 Å². The minimum atomic E-state index is -3.57. The summed E-state index contributed by atoms with van der Waals surface area (Å²) in [5, 5.41) is 4.95. The maximum Gasteiger partial charge on any atom is 0.324 e. The molecule has 32 heavy (non-hydrogen) atoms. The van der Waals surface area contributed by atoms with Gasteiger partial charge in [-0.25, -0.2) is 8.42 Å². The molecule has 1 aromatic heterocycles. The van der Waals surface area contributed by atoms with Crippen molar-refractivity contribution in [2.75, 3.05) is 38.2 Å². The highest BCUT2D eigenvalue weighted by molar-refractivity contribution is 7.89. The number of hydrogen-bond acceptors (Lipinski definition) is 7. The van der Waals surface area contributed by atoms with E-state index in [0.29, 0.717) is 48.8 Å². The molecule has 1 aliphatic heterocycles. The molecule has 0 amide bonds. The fraction of sp³-hybridized carbons (Fsp3) is 0.364. The Morgan fingerprint density at radius 3 is 2.25 bits per heavy atom. The number of methoxy groups -OCH3 is 1. The van der Waals surface area contributed by atoms with Crippen LogP contribution in [-0.2, 0) is 15.4 Å². The standard InChI is InChI=1S/C22H23ClN4O4S/c1-30-18-6-8-19(9-7-18)32(28,29)27-14-12-26(13-15-27)21-24-20(25-31-21)22(10-11-22)16-2-4-17(23)5-3-16/h2-9H,10-15H2,1H3. The van der Waals surface area contributed by atoms with Gasteiger partial charge in [-0.3, -0.25) is 0 Å². The number of ether oxygens (including phenoxy) is 1. The first-order valence-electron chi connectivity index (χ1n) is 10.4. The van der Waals surface area contributed by atoms with E-state index in [1.165, 1.54) is 4.31 Å². The van der Waals surface area contributed by atoms with Crippen LogP contribution >= 0.6 is 11.6 Å². The second-order valence-corrected chi connectivity index (χ2v) is 10.4.